The molecule has 0 atom stereocenters. The van der Waals surface area contributed by atoms with Crippen molar-refractivity contribution in [2.75, 3.05) is 33.4 Å². The normalized spacial score (nSPS) is 15.4. The molecule has 0 unspecified atom stereocenters. The van der Waals surface area contributed by atoms with Gasteiger partial charge in [0, 0.05) is 31.8 Å². The highest BCUT2D eigenvalue weighted by molar-refractivity contribution is 7.89. The predicted octanol–water partition coefficient (Wildman–Crippen LogP) is 3.27. The van der Waals surface area contributed by atoms with Crippen LogP contribution in [-0.4, -0.2) is 56.6 Å². The first kappa shape index (κ1) is 23.6. The number of sulfonamides is 1. The summed E-state index contributed by atoms with van der Waals surface area (Å²) >= 11 is 1.40. The number of carbonyl (C=O) groups excluding carboxylic acids is 1. The summed E-state index contributed by atoms with van der Waals surface area (Å²) in [7, 11) is -1.91. The van der Waals surface area contributed by atoms with Crippen LogP contribution in [0.5, 0.6) is 5.75 Å². The molecule has 3 aromatic rings. The minimum absolute atomic E-state index is 0.196. The molecule has 33 heavy (non-hydrogen) atoms. The fourth-order valence-corrected chi connectivity index (χ4v) is 6.38. The first-order valence-corrected chi connectivity index (χ1v) is 13.1. The van der Waals surface area contributed by atoms with Gasteiger partial charge in [0.2, 0.25) is 10.0 Å². The number of rotatable bonds is 8. The minimum Gasteiger partial charge on any atom is -0.497 e. The maximum Gasteiger partial charge on any atom is 0.279 e. The van der Waals surface area contributed by atoms with Crippen LogP contribution in [0.3, 0.4) is 0 Å². The van der Waals surface area contributed by atoms with Crippen LogP contribution in [0.15, 0.2) is 52.4 Å². The third-order valence-corrected chi connectivity index (χ3v) is 8.51. The highest BCUT2D eigenvalue weighted by Crippen LogP contribution is 2.24. The van der Waals surface area contributed by atoms with Crippen molar-refractivity contribution in [2.24, 2.45) is 4.99 Å². The molecule has 0 bridgehead atoms. The number of nitrogens with zero attached hydrogens (tertiary/aromatic N) is 3. The molecule has 2 heterocycles. The number of amides is 1. The van der Waals surface area contributed by atoms with Gasteiger partial charge in [-0.25, -0.2) is 8.42 Å². The molecule has 10 heteroatoms. The standard InChI is InChI=1S/C23H27N3O5S2/c1-3-31-15-14-26-20-11-8-18(30-2)16-21(20)32-23(26)24-22(27)17-6-9-19(10-7-17)33(28,29)25-12-4-5-13-25/h6-11,16H,3-5,12-15H2,1-2H3. The number of thiazole rings is 1. The molecule has 4 rings (SSSR count). The summed E-state index contributed by atoms with van der Waals surface area (Å²) in [5, 5.41) is 0. The van der Waals surface area contributed by atoms with Gasteiger partial charge in [0.15, 0.2) is 4.80 Å². The molecular formula is C23H27N3O5S2. The summed E-state index contributed by atoms with van der Waals surface area (Å²) in [6.07, 6.45) is 1.75. The van der Waals surface area contributed by atoms with E-state index in [1.165, 1.54) is 39.9 Å². The lowest BCUT2D eigenvalue weighted by Crippen LogP contribution is -2.27. The second-order valence-corrected chi connectivity index (χ2v) is 10.6. The van der Waals surface area contributed by atoms with Crippen LogP contribution in [-0.2, 0) is 21.3 Å². The van der Waals surface area contributed by atoms with Gasteiger partial charge in [-0.05, 0) is 62.2 Å². The molecule has 1 saturated heterocycles. The molecular weight excluding hydrogens is 462 g/mol. The fraction of sp³-hybridized carbons (Fsp3) is 0.391. The second kappa shape index (κ2) is 10.2. The lowest BCUT2D eigenvalue weighted by molar-refractivity contribution is 0.0996. The van der Waals surface area contributed by atoms with Gasteiger partial charge in [-0.2, -0.15) is 9.30 Å². The van der Waals surface area contributed by atoms with Gasteiger partial charge in [0.05, 0.1) is 28.8 Å². The van der Waals surface area contributed by atoms with E-state index < -0.39 is 15.9 Å². The molecule has 1 fully saturated rings. The molecule has 1 amide bonds. The van der Waals surface area contributed by atoms with Crippen molar-refractivity contribution in [3.63, 3.8) is 0 Å². The van der Waals surface area contributed by atoms with Gasteiger partial charge < -0.3 is 14.0 Å². The van der Waals surface area contributed by atoms with E-state index in [-0.39, 0.29) is 4.90 Å². The van der Waals surface area contributed by atoms with Crippen molar-refractivity contribution < 1.29 is 22.7 Å². The lowest BCUT2D eigenvalue weighted by Gasteiger charge is -2.15. The maximum absolute atomic E-state index is 12.9. The molecule has 2 aromatic carbocycles. The van der Waals surface area contributed by atoms with Crippen molar-refractivity contribution in [3.8, 4) is 5.75 Å². The molecule has 1 aromatic heterocycles. The van der Waals surface area contributed by atoms with E-state index in [9.17, 15) is 13.2 Å². The predicted molar refractivity (Wildman–Crippen MR) is 127 cm³/mol. The number of methoxy groups -OCH3 is 1. The van der Waals surface area contributed by atoms with Crippen molar-refractivity contribution in [1.29, 1.82) is 0 Å². The van der Waals surface area contributed by atoms with Crippen molar-refractivity contribution in [3.05, 3.63) is 52.8 Å². The number of hydrogen-bond donors (Lipinski definition) is 0. The Balaban J connectivity index is 1.65. The first-order chi connectivity index (χ1) is 15.9. The summed E-state index contributed by atoms with van der Waals surface area (Å²) in [4.78, 5) is 18.0. The van der Waals surface area contributed by atoms with E-state index in [1.54, 1.807) is 7.11 Å². The number of hydrogen-bond acceptors (Lipinski definition) is 6. The summed E-state index contributed by atoms with van der Waals surface area (Å²) in [5.41, 5.74) is 1.28. The number of fused-ring (bicyclic) bond motifs is 1. The third kappa shape index (κ3) is 5.03. The molecule has 0 radical (unpaired) electrons. The molecule has 1 aliphatic heterocycles. The molecule has 0 N–H and O–H groups in total. The molecule has 1 aliphatic rings. The van der Waals surface area contributed by atoms with Gasteiger partial charge in [0.1, 0.15) is 5.75 Å². The SMILES string of the molecule is CCOCCn1c(=NC(=O)c2ccc(S(=O)(=O)N3CCCC3)cc2)sc2cc(OC)ccc21. The second-order valence-electron chi connectivity index (χ2n) is 7.62. The van der Waals surface area contributed by atoms with Crippen LogP contribution < -0.4 is 9.54 Å². The topological polar surface area (TPSA) is 90.2 Å². The van der Waals surface area contributed by atoms with Gasteiger partial charge in [0.25, 0.3) is 5.91 Å². The van der Waals surface area contributed by atoms with E-state index in [4.69, 9.17) is 9.47 Å². The Morgan fingerprint density at radius 3 is 2.52 bits per heavy atom. The fourth-order valence-electron chi connectivity index (χ4n) is 3.78. The van der Waals surface area contributed by atoms with Crippen LogP contribution in [0.1, 0.15) is 30.1 Å². The minimum atomic E-state index is -3.52. The van der Waals surface area contributed by atoms with E-state index in [2.05, 4.69) is 4.99 Å². The molecule has 176 valence electrons. The highest BCUT2D eigenvalue weighted by atomic mass is 32.2. The number of benzene rings is 2. The average Bonchev–Trinajstić information content (AvgIpc) is 3.48. The summed E-state index contributed by atoms with van der Waals surface area (Å²) in [5.74, 6) is 0.303. The van der Waals surface area contributed by atoms with Crippen molar-refractivity contribution in [1.82, 2.24) is 8.87 Å². The zero-order chi connectivity index (χ0) is 23.4. The Bertz CT molecular complexity index is 1300. The number of ether oxygens (including phenoxy) is 2. The molecule has 8 nitrogen and oxygen atoms in total. The Morgan fingerprint density at radius 1 is 1.12 bits per heavy atom. The third-order valence-electron chi connectivity index (χ3n) is 5.55. The van der Waals surface area contributed by atoms with Crippen LogP contribution in [0.25, 0.3) is 10.2 Å². The smallest absolute Gasteiger partial charge is 0.279 e. The number of carbonyl (C=O) groups is 1. The zero-order valence-electron chi connectivity index (χ0n) is 18.7. The van der Waals surface area contributed by atoms with Gasteiger partial charge in [-0.15, -0.1) is 0 Å². The summed E-state index contributed by atoms with van der Waals surface area (Å²) in [6, 6.07) is 11.7. The van der Waals surface area contributed by atoms with E-state index >= 15 is 0 Å². The number of aromatic nitrogens is 1. The first-order valence-electron chi connectivity index (χ1n) is 10.9. The van der Waals surface area contributed by atoms with E-state index in [0.717, 1.165) is 28.8 Å². The maximum atomic E-state index is 12.9. The molecule has 0 aliphatic carbocycles. The Morgan fingerprint density at radius 2 is 1.85 bits per heavy atom. The summed E-state index contributed by atoms with van der Waals surface area (Å²) < 4.78 is 40.7. The van der Waals surface area contributed by atoms with Crippen LogP contribution in [0, 0.1) is 0 Å². The van der Waals surface area contributed by atoms with Gasteiger partial charge >= 0.3 is 0 Å². The lowest BCUT2D eigenvalue weighted by atomic mass is 10.2. The Hall–Kier alpha value is -2.53. The van der Waals surface area contributed by atoms with Crippen molar-refractivity contribution in [2.45, 2.75) is 31.2 Å². The highest BCUT2D eigenvalue weighted by Gasteiger charge is 2.27. The Kier molecular flexibility index (Phi) is 7.28. The monoisotopic (exact) mass is 489 g/mol. The molecule has 0 saturated carbocycles. The van der Waals surface area contributed by atoms with Crippen LogP contribution in [0.2, 0.25) is 0 Å². The van der Waals surface area contributed by atoms with E-state index in [0.29, 0.717) is 43.2 Å². The van der Waals surface area contributed by atoms with Crippen LogP contribution >= 0.6 is 11.3 Å². The van der Waals surface area contributed by atoms with Gasteiger partial charge in [-0.1, -0.05) is 11.3 Å². The Labute approximate surface area is 197 Å². The van der Waals surface area contributed by atoms with Crippen LogP contribution in [0.4, 0.5) is 0 Å². The summed E-state index contributed by atoms with van der Waals surface area (Å²) in [6.45, 7) is 4.67. The van der Waals surface area contributed by atoms with Gasteiger partial charge in [-0.3, -0.25) is 4.79 Å². The molecule has 0 spiro atoms. The zero-order valence-corrected chi connectivity index (χ0v) is 20.3. The van der Waals surface area contributed by atoms with Crippen molar-refractivity contribution >= 4 is 37.5 Å². The average molecular weight is 490 g/mol. The van der Waals surface area contributed by atoms with E-state index in [1.807, 2.05) is 29.7 Å². The largest absolute Gasteiger partial charge is 0.497 e. The quantitative estimate of drug-likeness (QED) is 0.453.